The van der Waals surface area contributed by atoms with E-state index >= 15 is 0 Å². The average molecular weight is 342 g/mol. The van der Waals surface area contributed by atoms with Crippen molar-refractivity contribution in [2.24, 2.45) is 11.0 Å². The molecule has 0 N–H and O–H groups in total. The number of fused-ring (bicyclic) bond motifs is 3. The highest BCUT2D eigenvalue weighted by molar-refractivity contribution is 6.07. The summed E-state index contributed by atoms with van der Waals surface area (Å²) in [6.45, 7) is 0. The molecule has 3 aromatic rings. The third-order valence-electron chi connectivity index (χ3n) is 5.46. The van der Waals surface area contributed by atoms with Crippen LogP contribution in [0, 0.1) is 11.7 Å². The summed E-state index contributed by atoms with van der Waals surface area (Å²) in [5, 5.41) is 7.18. The van der Waals surface area contributed by atoms with Gasteiger partial charge in [-0.3, -0.25) is 5.01 Å². The summed E-state index contributed by atoms with van der Waals surface area (Å²) in [5.74, 6) is 0.115. The number of aryl methyl sites for hydroxylation is 1. The lowest BCUT2D eigenvalue weighted by molar-refractivity contribution is 0.509. The first-order valence-electron chi connectivity index (χ1n) is 9.08. The molecule has 5 rings (SSSR count). The van der Waals surface area contributed by atoms with E-state index in [1.807, 2.05) is 30.3 Å². The van der Waals surface area contributed by atoms with Gasteiger partial charge in [-0.1, -0.05) is 54.6 Å². The second-order valence-electron chi connectivity index (χ2n) is 6.96. The van der Waals surface area contributed by atoms with Crippen LogP contribution in [0.2, 0.25) is 0 Å². The Kier molecular flexibility index (Phi) is 3.59. The minimum Gasteiger partial charge on any atom is -0.257 e. The molecule has 1 heterocycles. The summed E-state index contributed by atoms with van der Waals surface area (Å²) in [4.78, 5) is 0. The Morgan fingerprint density at radius 3 is 2.38 bits per heavy atom. The lowest BCUT2D eigenvalue weighted by Gasteiger charge is -2.30. The minimum absolute atomic E-state index is 0.0985. The summed E-state index contributed by atoms with van der Waals surface area (Å²) in [6.07, 6.45) is 2.11. The summed E-state index contributed by atoms with van der Waals surface area (Å²) < 4.78 is 13.5. The van der Waals surface area contributed by atoms with E-state index < -0.39 is 0 Å². The molecule has 0 saturated carbocycles. The van der Waals surface area contributed by atoms with Gasteiger partial charge in [0.05, 0.1) is 17.4 Å². The molecule has 0 spiro atoms. The van der Waals surface area contributed by atoms with Crippen molar-refractivity contribution in [3.05, 3.63) is 101 Å². The number of benzene rings is 3. The molecule has 26 heavy (non-hydrogen) atoms. The van der Waals surface area contributed by atoms with Gasteiger partial charge in [0.1, 0.15) is 5.82 Å². The minimum atomic E-state index is -0.201. The summed E-state index contributed by atoms with van der Waals surface area (Å²) in [5.41, 5.74) is 5.97. The van der Waals surface area contributed by atoms with Crippen molar-refractivity contribution in [3.8, 4) is 0 Å². The molecule has 1 aliphatic heterocycles. The van der Waals surface area contributed by atoms with E-state index in [9.17, 15) is 4.39 Å². The molecule has 128 valence electrons. The standard InChI is InChI=1S/C23H19FN2/c24-18-13-10-17(11-14-18)23-21-15-12-16-6-4-5-9-20(16)22(21)25-26(23)19-7-2-1-3-8-19/h1-11,13-14,21,23H,12,15H2. The molecule has 0 bridgehead atoms. The number of hydrogen-bond acceptors (Lipinski definition) is 2. The second kappa shape index (κ2) is 6.10. The molecule has 2 unspecified atom stereocenters. The summed E-state index contributed by atoms with van der Waals surface area (Å²) >= 11 is 0. The van der Waals surface area contributed by atoms with Gasteiger partial charge in [-0.25, -0.2) is 4.39 Å². The fraction of sp³-hybridized carbons (Fsp3) is 0.174. The van der Waals surface area contributed by atoms with Crippen LogP contribution in [-0.2, 0) is 6.42 Å². The fourth-order valence-electron chi connectivity index (χ4n) is 4.25. The zero-order valence-corrected chi connectivity index (χ0v) is 14.3. The number of nitrogens with zero attached hydrogens (tertiary/aromatic N) is 2. The molecule has 1 aliphatic carbocycles. The zero-order valence-electron chi connectivity index (χ0n) is 14.3. The number of hydrogen-bond donors (Lipinski definition) is 0. The Labute approximate surface area is 152 Å². The fourth-order valence-corrected chi connectivity index (χ4v) is 4.25. The van der Waals surface area contributed by atoms with Gasteiger partial charge in [0.2, 0.25) is 0 Å². The molecule has 2 nitrogen and oxygen atoms in total. The molecular formula is C23H19FN2. The van der Waals surface area contributed by atoms with E-state index in [-0.39, 0.29) is 11.9 Å². The normalized spacial score (nSPS) is 21.1. The molecular weight excluding hydrogens is 323 g/mol. The molecule has 0 fully saturated rings. The lowest BCUT2D eigenvalue weighted by atomic mass is 9.77. The van der Waals surface area contributed by atoms with Gasteiger partial charge in [0, 0.05) is 11.5 Å². The van der Waals surface area contributed by atoms with Crippen LogP contribution in [0.15, 0.2) is 84.0 Å². The number of halogens is 1. The van der Waals surface area contributed by atoms with E-state index in [1.165, 1.54) is 11.1 Å². The van der Waals surface area contributed by atoms with Crippen molar-refractivity contribution in [1.82, 2.24) is 0 Å². The molecule has 3 aromatic carbocycles. The maximum atomic E-state index is 13.5. The number of para-hydroxylation sites is 1. The predicted molar refractivity (Wildman–Crippen MR) is 103 cm³/mol. The maximum Gasteiger partial charge on any atom is 0.123 e. The van der Waals surface area contributed by atoms with Gasteiger partial charge >= 0.3 is 0 Å². The van der Waals surface area contributed by atoms with Crippen molar-refractivity contribution in [3.63, 3.8) is 0 Å². The zero-order chi connectivity index (χ0) is 17.5. The van der Waals surface area contributed by atoms with E-state index in [2.05, 4.69) is 41.4 Å². The van der Waals surface area contributed by atoms with E-state index in [4.69, 9.17) is 5.10 Å². The van der Waals surface area contributed by atoms with Gasteiger partial charge in [0.25, 0.3) is 0 Å². The van der Waals surface area contributed by atoms with Crippen LogP contribution in [0.3, 0.4) is 0 Å². The van der Waals surface area contributed by atoms with Crippen LogP contribution in [0.4, 0.5) is 10.1 Å². The first-order valence-corrected chi connectivity index (χ1v) is 9.08. The number of hydrazone groups is 1. The van der Waals surface area contributed by atoms with Crippen LogP contribution >= 0.6 is 0 Å². The van der Waals surface area contributed by atoms with E-state index in [0.29, 0.717) is 5.92 Å². The van der Waals surface area contributed by atoms with Crippen molar-refractivity contribution in [1.29, 1.82) is 0 Å². The van der Waals surface area contributed by atoms with Crippen molar-refractivity contribution in [2.45, 2.75) is 18.9 Å². The first-order chi connectivity index (χ1) is 12.8. The topological polar surface area (TPSA) is 15.6 Å². The Bertz CT molecular complexity index is 963. The maximum absolute atomic E-state index is 13.5. The van der Waals surface area contributed by atoms with Crippen LogP contribution in [0.1, 0.15) is 29.2 Å². The number of anilines is 1. The van der Waals surface area contributed by atoms with Crippen LogP contribution in [-0.4, -0.2) is 5.71 Å². The van der Waals surface area contributed by atoms with Crippen molar-refractivity contribution >= 4 is 11.4 Å². The third kappa shape index (κ3) is 2.43. The summed E-state index contributed by atoms with van der Waals surface area (Å²) in [7, 11) is 0. The van der Waals surface area contributed by atoms with Crippen molar-refractivity contribution in [2.75, 3.05) is 5.01 Å². The highest BCUT2D eigenvalue weighted by Crippen LogP contribution is 2.45. The highest BCUT2D eigenvalue weighted by atomic mass is 19.1. The van der Waals surface area contributed by atoms with Crippen LogP contribution < -0.4 is 5.01 Å². The van der Waals surface area contributed by atoms with Crippen molar-refractivity contribution < 1.29 is 4.39 Å². The van der Waals surface area contributed by atoms with Gasteiger partial charge < -0.3 is 0 Å². The van der Waals surface area contributed by atoms with E-state index in [0.717, 1.165) is 29.8 Å². The Hall–Kier alpha value is -2.94. The monoisotopic (exact) mass is 342 g/mol. The predicted octanol–water partition coefficient (Wildman–Crippen LogP) is 5.35. The third-order valence-corrected chi connectivity index (χ3v) is 5.46. The molecule has 3 heteroatoms. The SMILES string of the molecule is Fc1ccc(C2C3CCc4ccccc4C3=NN2c2ccccc2)cc1. The van der Waals surface area contributed by atoms with Crippen LogP contribution in [0.25, 0.3) is 0 Å². The quantitative estimate of drug-likeness (QED) is 0.613. The van der Waals surface area contributed by atoms with Gasteiger partial charge in [0.15, 0.2) is 0 Å². The lowest BCUT2D eigenvalue weighted by Crippen LogP contribution is -2.28. The Balaban J connectivity index is 1.65. The molecule has 0 saturated heterocycles. The van der Waals surface area contributed by atoms with Gasteiger partial charge in [-0.15, -0.1) is 0 Å². The summed E-state index contributed by atoms with van der Waals surface area (Å²) in [6, 6.07) is 25.8. The van der Waals surface area contributed by atoms with Crippen LogP contribution in [0.5, 0.6) is 0 Å². The largest absolute Gasteiger partial charge is 0.257 e. The Morgan fingerprint density at radius 1 is 0.846 bits per heavy atom. The van der Waals surface area contributed by atoms with E-state index in [1.54, 1.807) is 12.1 Å². The molecule has 0 radical (unpaired) electrons. The highest BCUT2D eigenvalue weighted by Gasteiger charge is 2.41. The first kappa shape index (κ1) is 15.3. The molecule has 0 amide bonds. The smallest absolute Gasteiger partial charge is 0.123 e. The van der Waals surface area contributed by atoms with Gasteiger partial charge in [-0.05, 0) is 48.2 Å². The Morgan fingerprint density at radius 2 is 1.58 bits per heavy atom. The molecule has 2 atom stereocenters. The second-order valence-corrected chi connectivity index (χ2v) is 6.96. The average Bonchev–Trinajstić information content (AvgIpc) is 3.09. The van der Waals surface area contributed by atoms with Gasteiger partial charge in [-0.2, -0.15) is 5.10 Å². The number of rotatable bonds is 2. The molecule has 2 aliphatic rings. The molecule has 0 aromatic heterocycles.